The lowest BCUT2D eigenvalue weighted by atomic mass is 10.0. The first-order valence-electron chi connectivity index (χ1n) is 9.48. The topological polar surface area (TPSA) is 91.3 Å². The molecule has 0 radical (unpaired) electrons. The van der Waals surface area contributed by atoms with Gasteiger partial charge in [0.1, 0.15) is 5.01 Å². The summed E-state index contributed by atoms with van der Waals surface area (Å²) in [6.45, 7) is 1.98. The van der Waals surface area contributed by atoms with E-state index in [1.165, 1.54) is 23.5 Å². The number of halogens is 2. The molecule has 2 aromatic carbocycles. The molecule has 0 bridgehead atoms. The molecule has 3 aromatic rings. The summed E-state index contributed by atoms with van der Waals surface area (Å²) in [6.07, 6.45) is 0.873. The molecule has 0 saturated heterocycles. The number of carbonyl (C=O) groups is 1. The molecular weight excluding hydrogens is 444 g/mol. The van der Waals surface area contributed by atoms with Crippen molar-refractivity contribution >= 4 is 34.2 Å². The third kappa shape index (κ3) is 6.39. The van der Waals surface area contributed by atoms with Gasteiger partial charge >= 0.3 is 0 Å². The van der Waals surface area contributed by atoms with Gasteiger partial charge in [-0.05, 0) is 36.6 Å². The van der Waals surface area contributed by atoms with Crippen molar-refractivity contribution in [1.82, 2.24) is 10.3 Å². The number of benzene rings is 2. The van der Waals surface area contributed by atoms with Crippen molar-refractivity contribution in [3.8, 4) is 0 Å². The van der Waals surface area contributed by atoms with Crippen molar-refractivity contribution in [3.63, 3.8) is 0 Å². The summed E-state index contributed by atoms with van der Waals surface area (Å²) in [5.74, 6) is -2.47. The summed E-state index contributed by atoms with van der Waals surface area (Å²) >= 11 is -0.744. The van der Waals surface area contributed by atoms with Crippen LogP contribution in [0.15, 0.2) is 47.8 Å². The van der Waals surface area contributed by atoms with E-state index in [-0.39, 0.29) is 12.0 Å². The van der Waals surface area contributed by atoms with Crippen LogP contribution in [0.1, 0.15) is 34.8 Å². The van der Waals surface area contributed by atoms with Crippen molar-refractivity contribution in [2.24, 2.45) is 0 Å². The van der Waals surface area contributed by atoms with E-state index in [9.17, 15) is 17.8 Å². The Morgan fingerprint density at radius 3 is 2.61 bits per heavy atom. The highest BCUT2D eigenvalue weighted by molar-refractivity contribution is 7.80. The van der Waals surface area contributed by atoms with Gasteiger partial charge in [-0.1, -0.05) is 31.2 Å². The molecule has 1 aromatic heterocycles. The fraction of sp³-hybridized carbons (Fsp3) is 0.238. The summed E-state index contributed by atoms with van der Waals surface area (Å²) in [6, 6.07) is 10.1. The molecule has 164 valence electrons. The summed E-state index contributed by atoms with van der Waals surface area (Å²) in [4.78, 5) is 17.2. The van der Waals surface area contributed by atoms with Gasteiger partial charge in [0.05, 0.1) is 18.2 Å². The molecule has 3 N–H and O–H groups in total. The lowest BCUT2D eigenvalue weighted by Crippen LogP contribution is -2.31. The average Bonchev–Trinajstić information content (AvgIpc) is 3.21. The maximum atomic E-state index is 13.9. The Labute approximate surface area is 185 Å². The van der Waals surface area contributed by atoms with Crippen molar-refractivity contribution < 1.29 is 22.3 Å². The van der Waals surface area contributed by atoms with Gasteiger partial charge in [-0.25, -0.2) is 18.0 Å². The van der Waals surface area contributed by atoms with Crippen LogP contribution in [0.5, 0.6) is 0 Å². The molecule has 31 heavy (non-hydrogen) atoms. The number of aryl methyl sites for hydroxylation is 1. The summed E-state index contributed by atoms with van der Waals surface area (Å²) in [7, 11) is 0. The monoisotopic (exact) mass is 465 g/mol. The highest BCUT2D eigenvalue weighted by Gasteiger charge is 2.20. The van der Waals surface area contributed by atoms with Gasteiger partial charge < -0.3 is 5.32 Å². The maximum Gasteiger partial charge on any atom is 0.259 e. The zero-order valence-electron chi connectivity index (χ0n) is 16.6. The van der Waals surface area contributed by atoms with Gasteiger partial charge in [0, 0.05) is 16.6 Å². The lowest BCUT2D eigenvalue weighted by molar-refractivity contribution is -0.121. The molecule has 2 atom stereocenters. The van der Waals surface area contributed by atoms with Crippen LogP contribution >= 0.6 is 11.3 Å². The number of hydrogen-bond acceptors (Lipinski definition) is 4. The van der Waals surface area contributed by atoms with Crippen LogP contribution in [0.25, 0.3) is 0 Å². The molecule has 1 heterocycles. The Bertz CT molecular complexity index is 1070. The number of anilines is 1. The number of carbonyl (C=O) groups excluding carboxylic acids is 1. The number of aromatic nitrogens is 1. The molecule has 6 nitrogen and oxygen atoms in total. The number of thiazole rings is 1. The minimum Gasteiger partial charge on any atom is -0.346 e. The second kappa shape index (κ2) is 10.6. The first kappa shape index (κ1) is 23.0. The fourth-order valence-corrected chi connectivity index (χ4v) is 4.28. The van der Waals surface area contributed by atoms with E-state index < -0.39 is 34.8 Å². The average molecular weight is 466 g/mol. The van der Waals surface area contributed by atoms with Crippen LogP contribution < -0.4 is 10.0 Å². The van der Waals surface area contributed by atoms with Gasteiger partial charge in [-0.2, -0.15) is 0 Å². The van der Waals surface area contributed by atoms with Crippen molar-refractivity contribution in [1.29, 1.82) is 0 Å². The molecule has 0 spiro atoms. The number of nitrogens with zero attached hydrogens (tertiary/aromatic N) is 1. The number of nitrogens with one attached hydrogen (secondary N) is 2. The van der Waals surface area contributed by atoms with E-state index in [0.29, 0.717) is 17.1 Å². The molecule has 0 aliphatic rings. The summed E-state index contributed by atoms with van der Waals surface area (Å²) in [5.41, 5.74) is 2.23. The van der Waals surface area contributed by atoms with Crippen LogP contribution in [0.3, 0.4) is 0 Å². The highest BCUT2D eigenvalue weighted by atomic mass is 32.2. The molecule has 10 heteroatoms. The van der Waals surface area contributed by atoms with Crippen molar-refractivity contribution in [3.05, 3.63) is 81.3 Å². The van der Waals surface area contributed by atoms with Crippen LogP contribution in [-0.4, -0.2) is 19.7 Å². The van der Waals surface area contributed by atoms with E-state index >= 15 is 0 Å². The number of amides is 1. The predicted molar refractivity (Wildman–Crippen MR) is 117 cm³/mol. The molecule has 0 fully saturated rings. The van der Waals surface area contributed by atoms with Gasteiger partial charge in [-0.15, -0.1) is 11.3 Å². The predicted octanol–water partition coefficient (Wildman–Crippen LogP) is 4.18. The van der Waals surface area contributed by atoms with Crippen molar-refractivity contribution in [2.75, 3.05) is 4.72 Å². The normalized spacial score (nSPS) is 12.9. The lowest BCUT2D eigenvalue weighted by Gasteiger charge is -2.17. The van der Waals surface area contributed by atoms with E-state index in [4.69, 9.17) is 4.55 Å². The number of rotatable bonds is 9. The standard InChI is InChI=1S/C21H21F2N3O3S2/c1-2-15-12-30-21(24-15)18(10-13-6-8-16(9-7-13)26-31(28)29)25-19(27)11-14-4-3-5-17(22)20(14)23/h3-9,12,18,26H,2,10-11H2,1H3,(H,25,27)(H,28,29)/t18-/m0/s1. The van der Waals surface area contributed by atoms with Gasteiger partial charge in [0.25, 0.3) is 11.3 Å². The van der Waals surface area contributed by atoms with Crippen LogP contribution in [0.2, 0.25) is 0 Å². The third-order valence-corrected chi connectivity index (χ3v) is 5.96. The van der Waals surface area contributed by atoms with Crippen molar-refractivity contribution in [2.45, 2.75) is 32.2 Å². The molecular formula is C21H21F2N3O3S2. The van der Waals surface area contributed by atoms with E-state index in [0.717, 1.165) is 23.7 Å². The fourth-order valence-electron chi connectivity index (χ4n) is 2.99. The molecule has 1 unspecified atom stereocenters. The SMILES string of the molecule is CCc1csc([C@H](Cc2ccc(NS(=O)O)cc2)NC(=O)Cc2cccc(F)c2F)n1. The second-order valence-corrected chi connectivity index (χ2v) is 8.38. The molecule has 0 aliphatic carbocycles. The van der Waals surface area contributed by atoms with Gasteiger partial charge in [0.15, 0.2) is 11.6 Å². The minimum atomic E-state index is -2.17. The highest BCUT2D eigenvalue weighted by Crippen LogP contribution is 2.24. The molecule has 0 saturated carbocycles. The van der Waals surface area contributed by atoms with Gasteiger partial charge in [0.2, 0.25) is 5.91 Å². The van der Waals surface area contributed by atoms with Crippen LogP contribution in [0, 0.1) is 11.6 Å². The first-order chi connectivity index (χ1) is 14.9. The smallest absolute Gasteiger partial charge is 0.259 e. The quantitative estimate of drug-likeness (QED) is 0.414. The third-order valence-electron chi connectivity index (χ3n) is 4.55. The second-order valence-electron chi connectivity index (χ2n) is 6.79. The molecule has 3 rings (SSSR count). The van der Waals surface area contributed by atoms with Crippen LogP contribution in [0.4, 0.5) is 14.5 Å². The summed E-state index contributed by atoms with van der Waals surface area (Å²) < 4.78 is 49.5. The maximum absolute atomic E-state index is 13.9. The zero-order valence-corrected chi connectivity index (χ0v) is 18.2. The first-order valence-corrected chi connectivity index (χ1v) is 11.5. The Balaban J connectivity index is 1.77. The van der Waals surface area contributed by atoms with Gasteiger partial charge in [-0.3, -0.25) is 14.1 Å². The molecule has 0 aliphatic heterocycles. The molecule has 1 amide bonds. The largest absolute Gasteiger partial charge is 0.346 e. The van der Waals surface area contributed by atoms with E-state index in [2.05, 4.69) is 15.0 Å². The minimum absolute atomic E-state index is 0.0166. The van der Waals surface area contributed by atoms with E-state index in [1.807, 2.05) is 12.3 Å². The Morgan fingerprint density at radius 2 is 1.97 bits per heavy atom. The van der Waals surface area contributed by atoms with Crippen LogP contribution in [-0.2, 0) is 35.3 Å². The Morgan fingerprint density at radius 1 is 1.23 bits per heavy atom. The van der Waals surface area contributed by atoms with E-state index in [1.54, 1.807) is 24.3 Å². The summed E-state index contributed by atoms with van der Waals surface area (Å²) in [5, 5.41) is 5.51. The Kier molecular flexibility index (Phi) is 7.83. The number of hydrogen-bond donors (Lipinski definition) is 3. The zero-order chi connectivity index (χ0) is 22.4. The Hall–Kier alpha value is -2.69.